The summed E-state index contributed by atoms with van der Waals surface area (Å²) in [7, 11) is 2.26. The highest BCUT2D eigenvalue weighted by atomic mass is 16.5. The molecule has 4 heterocycles. The standard InChI is InChI=1S/C33H41N3O/c1-31-11-9-27-20-26-5-6-28(36-17-15-35(2)16-18-36)21-32(26)12-13-33(27,37-32)30(31)8-7-29(31)24-4-3-23-10-14-34-22-25(23)19-24/h3-4,9-10,14,19-20,22,28-30H,5-8,11-13,15-18,21H2,1-2H3/t28-,29+,30+,31+,32+,33+/m0/s1. The number of nitrogens with zero attached hydrogens (tertiary/aromatic N) is 3. The van der Waals surface area contributed by atoms with Crippen molar-refractivity contribution in [2.45, 2.75) is 81.5 Å². The van der Waals surface area contributed by atoms with Crippen LogP contribution in [0.15, 0.2) is 60.0 Å². The van der Waals surface area contributed by atoms with Gasteiger partial charge in [-0.25, -0.2) is 0 Å². The topological polar surface area (TPSA) is 28.6 Å². The first-order valence-electron chi connectivity index (χ1n) is 14.9. The summed E-state index contributed by atoms with van der Waals surface area (Å²) < 4.78 is 7.57. The largest absolute Gasteiger partial charge is 0.359 e. The Balaban J connectivity index is 1.12. The molecule has 194 valence electrons. The Morgan fingerprint density at radius 1 is 1.00 bits per heavy atom. The second-order valence-electron chi connectivity index (χ2n) is 13.4. The van der Waals surface area contributed by atoms with Crippen LogP contribution in [-0.4, -0.2) is 65.3 Å². The minimum absolute atomic E-state index is 0.00540. The molecule has 6 atom stereocenters. The van der Waals surface area contributed by atoms with E-state index < -0.39 is 0 Å². The zero-order valence-corrected chi connectivity index (χ0v) is 22.6. The smallest absolute Gasteiger partial charge is 0.0974 e. The number of rotatable bonds is 2. The van der Waals surface area contributed by atoms with Gasteiger partial charge in [0, 0.05) is 50.0 Å². The Kier molecular flexibility index (Phi) is 4.96. The van der Waals surface area contributed by atoms with Crippen molar-refractivity contribution in [3.63, 3.8) is 0 Å². The minimum Gasteiger partial charge on any atom is -0.359 e. The molecule has 3 aliphatic heterocycles. The number of hydrogen-bond donors (Lipinski definition) is 0. The fraction of sp³-hybridized carbons (Fsp3) is 0.606. The van der Waals surface area contributed by atoms with Gasteiger partial charge in [0.1, 0.15) is 0 Å². The molecule has 0 radical (unpaired) electrons. The highest BCUT2D eigenvalue weighted by Gasteiger charge is 2.66. The summed E-state index contributed by atoms with van der Waals surface area (Å²) in [4.78, 5) is 9.67. The summed E-state index contributed by atoms with van der Waals surface area (Å²) in [5.74, 6) is 1.19. The normalized spacial score (nSPS) is 41.6. The second kappa shape index (κ2) is 8.00. The van der Waals surface area contributed by atoms with E-state index in [2.05, 4.69) is 65.2 Å². The minimum atomic E-state index is -0.0618. The Labute approximate surface area is 221 Å². The van der Waals surface area contributed by atoms with Crippen molar-refractivity contribution in [3.8, 4) is 0 Å². The Morgan fingerprint density at radius 2 is 1.89 bits per heavy atom. The van der Waals surface area contributed by atoms with Crippen LogP contribution in [0, 0.1) is 11.3 Å². The fourth-order valence-corrected chi connectivity index (χ4v) is 9.75. The van der Waals surface area contributed by atoms with Gasteiger partial charge < -0.3 is 9.64 Å². The average molecular weight is 496 g/mol. The van der Waals surface area contributed by atoms with E-state index in [0.29, 0.717) is 17.9 Å². The third-order valence-electron chi connectivity index (χ3n) is 11.8. The van der Waals surface area contributed by atoms with Crippen molar-refractivity contribution < 1.29 is 4.74 Å². The Hall–Kier alpha value is -2.01. The first-order valence-corrected chi connectivity index (χ1v) is 14.9. The van der Waals surface area contributed by atoms with Gasteiger partial charge in [0.05, 0.1) is 11.2 Å². The van der Waals surface area contributed by atoms with Crippen molar-refractivity contribution in [1.29, 1.82) is 0 Å². The van der Waals surface area contributed by atoms with Crippen molar-refractivity contribution in [2.24, 2.45) is 11.3 Å². The number of fused-ring (bicyclic) bond motifs is 2. The molecule has 2 bridgehead atoms. The number of allylic oxidation sites excluding steroid dienone is 1. The third-order valence-corrected chi connectivity index (χ3v) is 11.8. The lowest BCUT2D eigenvalue weighted by Crippen LogP contribution is -2.57. The Bertz CT molecular complexity index is 1310. The van der Waals surface area contributed by atoms with Crippen molar-refractivity contribution in [2.75, 3.05) is 33.2 Å². The van der Waals surface area contributed by atoms with Crippen LogP contribution in [0.25, 0.3) is 10.8 Å². The molecule has 2 aromatic rings. The molecular formula is C33H41N3O. The van der Waals surface area contributed by atoms with Crippen LogP contribution in [0.5, 0.6) is 0 Å². The number of piperazine rings is 1. The summed E-state index contributed by atoms with van der Waals surface area (Å²) in [5.41, 5.74) is 4.85. The lowest BCUT2D eigenvalue weighted by Gasteiger charge is -2.55. The van der Waals surface area contributed by atoms with Gasteiger partial charge in [-0.15, -0.1) is 0 Å². The lowest BCUT2D eigenvalue weighted by atomic mass is 9.58. The molecular weight excluding hydrogens is 454 g/mol. The third kappa shape index (κ3) is 3.22. The number of likely N-dealkylation sites (N-methyl/N-ethyl adjacent to an activating group) is 1. The van der Waals surface area contributed by atoms with Crippen LogP contribution in [0.4, 0.5) is 0 Å². The number of ether oxygens (including phenoxy) is 1. The highest BCUT2D eigenvalue weighted by Crippen LogP contribution is 2.69. The quantitative estimate of drug-likeness (QED) is 0.504. The monoisotopic (exact) mass is 495 g/mol. The zero-order valence-electron chi connectivity index (χ0n) is 22.6. The van der Waals surface area contributed by atoms with Gasteiger partial charge in [0.15, 0.2) is 0 Å². The van der Waals surface area contributed by atoms with Crippen LogP contribution < -0.4 is 0 Å². The van der Waals surface area contributed by atoms with Gasteiger partial charge in [-0.2, -0.15) is 0 Å². The predicted octanol–water partition coefficient (Wildman–Crippen LogP) is 6.09. The summed E-state index contributed by atoms with van der Waals surface area (Å²) >= 11 is 0. The van der Waals surface area contributed by atoms with E-state index in [1.807, 2.05) is 12.4 Å². The van der Waals surface area contributed by atoms with Crippen LogP contribution >= 0.6 is 0 Å². The zero-order chi connectivity index (χ0) is 24.8. The fourth-order valence-electron chi connectivity index (χ4n) is 9.75. The summed E-state index contributed by atoms with van der Waals surface area (Å²) in [5, 5.41) is 2.57. The number of pyridine rings is 1. The van der Waals surface area contributed by atoms with Crippen molar-refractivity contribution >= 4 is 10.8 Å². The molecule has 0 unspecified atom stereocenters. The molecule has 4 nitrogen and oxygen atoms in total. The summed E-state index contributed by atoms with van der Waals surface area (Å²) in [6, 6.07) is 9.95. The van der Waals surface area contributed by atoms with E-state index in [-0.39, 0.29) is 16.6 Å². The molecule has 2 saturated carbocycles. The molecule has 1 aromatic heterocycles. The van der Waals surface area contributed by atoms with Crippen LogP contribution in [0.3, 0.4) is 0 Å². The molecule has 8 rings (SSSR count). The average Bonchev–Trinajstić information content (AvgIpc) is 3.43. The Morgan fingerprint density at radius 3 is 2.78 bits per heavy atom. The molecule has 3 aliphatic carbocycles. The lowest BCUT2D eigenvalue weighted by molar-refractivity contribution is -0.141. The van der Waals surface area contributed by atoms with E-state index in [1.165, 1.54) is 93.9 Å². The second-order valence-corrected chi connectivity index (χ2v) is 13.4. The maximum Gasteiger partial charge on any atom is 0.0974 e. The van der Waals surface area contributed by atoms with Crippen molar-refractivity contribution in [3.05, 3.63) is 65.5 Å². The molecule has 1 aromatic carbocycles. The van der Waals surface area contributed by atoms with Gasteiger partial charge in [-0.1, -0.05) is 31.2 Å². The van der Waals surface area contributed by atoms with Gasteiger partial charge in [-0.05, 0) is 110 Å². The number of aromatic nitrogens is 1. The summed E-state index contributed by atoms with van der Waals surface area (Å²) in [6.45, 7) is 7.44. The first kappa shape index (κ1) is 22.9. The summed E-state index contributed by atoms with van der Waals surface area (Å²) in [6.07, 6.45) is 19.1. The van der Waals surface area contributed by atoms with Gasteiger partial charge in [-0.3, -0.25) is 9.88 Å². The molecule has 0 amide bonds. The molecule has 2 spiro atoms. The van der Waals surface area contributed by atoms with Gasteiger partial charge >= 0.3 is 0 Å². The maximum atomic E-state index is 7.57. The number of benzene rings is 1. The predicted molar refractivity (Wildman–Crippen MR) is 149 cm³/mol. The van der Waals surface area contributed by atoms with Crippen molar-refractivity contribution in [1.82, 2.24) is 14.8 Å². The maximum absolute atomic E-state index is 7.57. The van der Waals surface area contributed by atoms with Gasteiger partial charge in [0.25, 0.3) is 0 Å². The van der Waals surface area contributed by atoms with E-state index in [9.17, 15) is 0 Å². The van der Waals surface area contributed by atoms with Crippen LogP contribution in [-0.2, 0) is 4.74 Å². The molecule has 6 aliphatic rings. The van der Waals surface area contributed by atoms with Gasteiger partial charge in [0.2, 0.25) is 0 Å². The van der Waals surface area contributed by atoms with E-state index in [0.717, 1.165) is 0 Å². The molecule has 4 heteroatoms. The van der Waals surface area contributed by atoms with E-state index in [4.69, 9.17) is 4.74 Å². The first-order chi connectivity index (χ1) is 18.0. The molecule has 0 N–H and O–H groups in total. The molecule has 37 heavy (non-hydrogen) atoms. The van der Waals surface area contributed by atoms with E-state index >= 15 is 0 Å². The molecule has 4 fully saturated rings. The van der Waals surface area contributed by atoms with E-state index in [1.54, 1.807) is 11.1 Å². The van der Waals surface area contributed by atoms with Crippen LogP contribution in [0.1, 0.15) is 69.8 Å². The SMILES string of the molecule is CN1CCN([C@H]2CCC3=CC4=CC[C@]5(C)[C@@H](c6ccc7ccncc7c6)CC[C@H]5[C@@]45CC[C@]3(C2)O5)CC1. The molecule has 2 saturated heterocycles. The van der Waals surface area contributed by atoms with Crippen LogP contribution in [0.2, 0.25) is 0 Å². The number of hydrogen-bond acceptors (Lipinski definition) is 4. The highest BCUT2D eigenvalue weighted by molar-refractivity contribution is 5.82.